The molecule has 0 saturated heterocycles. The van der Waals surface area contributed by atoms with Crippen LogP contribution in [0.5, 0.6) is 0 Å². The molecule has 36 heavy (non-hydrogen) atoms. The van der Waals surface area contributed by atoms with Crippen LogP contribution in [-0.4, -0.2) is 15.0 Å². The SMILES string of the molecule is CC(C)c1cccc(C(C)C)c1NC(=S)c1cccc(C(=S)Nc2c(C(C)C)cccc2C(C)C)n1. The Hall–Kier alpha value is -2.63. The first-order valence-electron chi connectivity index (χ1n) is 12.9. The highest BCUT2D eigenvalue weighted by atomic mass is 32.1. The Morgan fingerprint density at radius 2 is 0.806 bits per heavy atom. The summed E-state index contributed by atoms with van der Waals surface area (Å²) in [4.78, 5) is 6.05. The predicted octanol–water partition coefficient (Wildman–Crippen LogP) is 9.15. The van der Waals surface area contributed by atoms with E-state index in [0.29, 0.717) is 45.0 Å². The van der Waals surface area contributed by atoms with Crippen LogP contribution in [0.1, 0.15) is 113 Å². The van der Waals surface area contributed by atoms with Gasteiger partial charge in [-0.2, -0.15) is 0 Å². The van der Waals surface area contributed by atoms with E-state index in [1.807, 2.05) is 18.2 Å². The summed E-state index contributed by atoms with van der Waals surface area (Å²) in [6.45, 7) is 17.6. The Bertz CT molecular complexity index is 1100. The summed E-state index contributed by atoms with van der Waals surface area (Å²) >= 11 is 11.7. The largest absolute Gasteiger partial charge is 0.344 e. The van der Waals surface area contributed by atoms with Gasteiger partial charge in [0.1, 0.15) is 9.98 Å². The van der Waals surface area contributed by atoms with Crippen molar-refractivity contribution in [1.29, 1.82) is 0 Å². The third-order valence-electron chi connectivity index (χ3n) is 6.44. The zero-order chi connectivity index (χ0) is 26.6. The van der Waals surface area contributed by atoms with E-state index >= 15 is 0 Å². The first kappa shape index (κ1) is 27.9. The topological polar surface area (TPSA) is 37.0 Å². The molecule has 0 fully saturated rings. The van der Waals surface area contributed by atoms with Crippen molar-refractivity contribution in [3.05, 3.63) is 88.2 Å². The molecule has 0 spiro atoms. The van der Waals surface area contributed by atoms with Crippen LogP contribution in [0.3, 0.4) is 0 Å². The lowest BCUT2D eigenvalue weighted by molar-refractivity contribution is 0.839. The van der Waals surface area contributed by atoms with E-state index in [-0.39, 0.29) is 0 Å². The maximum Gasteiger partial charge on any atom is 0.129 e. The van der Waals surface area contributed by atoms with Crippen molar-refractivity contribution in [2.24, 2.45) is 0 Å². The van der Waals surface area contributed by atoms with Crippen LogP contribution < -0.4 is 10.6 Å². The van der Waals surface area contributed by atoms with Crippen molar-refractivity contribution in [3.63, 3.8) is 0 Å². The van der Waals surface area contributed by atoms with E-state index in [2.05, 4.69) is 102 Å². The Morgan fingerprint density at radius 1 is 0.528 bits per heavy atom. The molecule has 3 aromatic rings. The lowest BCUT2D eigenvalue weighted by atomic mass is 9.92. The first-order chi connectivity index (χ1) is 17.0. The number of thiocarbonyl (C=S) groups is 2. The zero-order valence-electron chi connectivity index (χ0n) is 22.8. The van der Waals surface area contributed by atoms with E-state index in [4.69, 9.17) is 29.4 Å². The van der Waals surface area contributed by atoms with Crippen molar-refractivity contribution in [1.82, 2.24) is 4.98 Å². The minimum atomic E-state index is 0.376. The molecular formula is C31H39N3S2. The van der Waals surface area contributed by atoms with Gasteiger partial charge in [0.05, 0.1) is 11.4 Å². The third kappa shape index (κ3) is 6.37. The van der Waals surface area contributed by atoms with Crippen molar-refractivity contribution >= 4 is 45.8 Å². The summed E-state index contributed by atoms with van der Waals surface area (Å²) in [6.07, 6.45) is 0. The number of hydrogen-bond donors (Lipinski definition) is 2. The fourth-order valence-corrected chi connectivity index (χ4v) is 4.86. The molecule has 0 amide bonds. The van der Waals surface area contributed by atoms with E-state index in [9.17, 15) is 0 Å². The molecule has 2 aromatic carbocycles. The molecular weight excluding hydrogens is 478 g/mol. The zero-order valence-corrected chi connectivity index (χ0v) is 24.4. The maximum absolute atomic E-state index is 5.84. The normalized spacial score (nSPS) is 11.4. The Labute approximate surface area is 228 Å². The lowest BCUT2D eigenvalue weighted by Gasteiger charge is -2.22. The van der Waals surface area contributed by atoms with Crippen LogP contribution in [-0.2, 0) is 0 Å². The van der Waals surface area contributed by atoms with Gasteiger partial charge in [0.2, 0.25) is 0 Å². The number of nitrogens with one attached hydrogen (secondary N) is 2. The van der Waals surface area contributed by atoms with E-state index < -0.39 is 0 Å². The first-order valence-corrected chi connectivity index (χ1v) is 13.7. The highest BCUT2D eigenvalue weighted by Crippen LogP contribution is 2.34. The Kier molecular flexibility index (Phi) is 9.37. The molecule has 190 valence electrons. The predicted molar refractivity (Wildman–Crippen MR) is 164 cm³/mol. The highest BCUT2D eigenvalue weighted by Gasteiger charge is 2.18. The molecule has 0 aliphatic rings. The van der Waals surface area contributed by atoms with Crippen molar-refractivity contribution < 1.29 is 0 Å². The van der Waals surface area contributed by atoms with E-state index in [0.717, 1.165) is 11.4 Å². The molecule has 5 heteroatoms. The van der Waals surface area contributed by atoms with Gasteiger partial charge in [0.15, 0.2) is 0 Å². The second-order valence-electron chi connectivity index (χ2n) is 10.6. The van der Waals surface area contributed by atoms with Gasteiger partial charge in [0, 0.05) is 11.4 Å². The van der Waals surface area contributed by atoms with E-state index in [1.165, 1.54) is 22.3 Å². The van der Waals surface area contributed by atoms with Gasteiger partial charge in [-0.3, -0.25) is 0 Å². The second-order valence-corrected chi connectivity index (χ2v) is 11.4. The summed E-state index contributed by atoms with van der Waals surface area (Å²) in [5, 5.41) is 7.05. The minimum Gasteiger partial charge on any atom is -0.344 e. The van der Waals surface area contributed by atoms with Crippen LogP contribution in [0, 0.1) is 0 Å². The highest BCUT2D eigenvalue weighted by molar-refractivity contribution is 7.81. The van der Waals surface area contributed by atoms with Crippen LogP contribution in [0.25, 0.3) is 0 Å². The second kappa shape index (κ2) is 12.1. The van der Waals surface area contributed by atoms with Gasteiger partial charge in [-0.05, 0) is 58.1 Å². The Morgan fingerprint density at radius 3 is 1.08 bits per heavy atom. The fourth-order valence-electron chi connectivity index (χ4n) is 4.43. The van der Waals surface area contributed by atoms with E-state index in [1.54, 1.807) is 0 Å². The van der Waals surface area contributed by atoms with Gasteiger partial charge in [-0.15, -0.1) is 0 Å². The number of rotatable bonds is 8. The van der Waals surface area contributed by atoms with Gasteiger partial charge in [-0.25, -0.2) is 4.98 Å². The molecule has 3 rings (SSSR count). The number of aromatic nitrogens is 1. The van der Waals surface area contributed by atoms with Gasteiger partial charge < -0.3 is 10.6 Å². The molecule has 1 heterocycles. The number of anilines is 2. The Balaban J connectivity index is 1.92. The number of benzene rings is 2. The number of para-hydroxylation sites is 2. The van der Waals surface area contributed by atoms with Crippen molar-refractivity contribution in [2.75, 3.05) is 10.6 Å². The average molecular weight is 518 g/mol. The number of pyridine rings is 1. The summed E-state index contributed by atoms with van der Waals surface area (Å²) in [6, 6.07) is 18.8. The number of hydrogen-bond acceptors (Lipinski definition) is 3. The average Bonchev–Trinajstić information content (AvgIpc) is 2.83. The standard InChI is InChI=1S/C31H39N3S2/c1-18(2)22-12-9-13-23(19(3)4)28(22)33-30(35)26-16-11-17-27(32-26)31(36)34-29-24(20(5)6)14-10-15-25(29)21(7)8/h9-21H,1-8H3,(H,33,35)(H,34,36). The third-order valence-corrected chi connectivity index (χ3v) is 7.06. The summed E-state index contributed by atoms with van der Waals surface area (Å²) in [5.74, 6) is 1.50. The summed E-state index contributed by atoms with van der Waals surface area (Å²) in [5.41, 5.74) is 8.61. The fraction of sp³-hybridized carbons (Fsp3) is 0.387. The lowest BCUT2D eigenvalue weighted by Crippen LogP contribution is -2.20. The molecule has 3 nitrogen and oxygen atoms in total. The molecule has 0 radical (unpaired) electrons. The molecule has 0 aliphatic carbocycles. The summed E-state index contributed by atoms with van der Waals surface area (Å²) < 4.78 is 0. The van der Waals surface area contributed by atoms with Crippen molar-refractivity contribution in [2.45, 2.75) is 79.1 Å². The monoisotopic (exact) mass is 517 g/mol. The number of nitrogens with zero attached hydrogens (tertiary/aromatic N) is 1. The molecule has 2 N–H and O–H groups in total. The van der Waals surface area contributed by atoms with Crippen LogP contribution in [0.4, 0.5) is 11.4 Å². The smallest absolute Gasteiger partial charge is 0.129 e. The van der Waals surface area contributed by atoms with Gasteiger partial charge >= 0.3 is 0 Å². The molecule has 0 atom stereocenters. The van der Waals surface area contributed by atoms with Crippen LogP contribution in [0.2, 0.25) is 0 Å². The summed E-state index contributed by atoms with van der Waals surface area (Å²) in [7, 11) is 0. The van der Waals surface area contributed by atoms with Crippen LogP contribution >= 0.6 is 24.4 Å². The maximum atomic E-state index is 5.84. The van der Waals surface area contributed by atoms with Crippen LogP contribution in [0.15, 0.2) is 54.6 Å². The molecule has 1 aromatic heterocycles. The molecule has 0 saturated carbocycles. The van der Waals surface area contributed by atoms with Crippen molar-refractivity contribution in [3.8, 4) is 0 Å². The molecule has 0 aliphatic heterocycles. The van der Waals surface area contributed by atoms with Gasteiger partial charge in [-0.1, -0.05) is 122 Å². The van der Waals surface area contributed by atoms with Gasteiger partial charge in [0.25, 0.3) is 0 Å². The molecule has 0 bridgehead atoms. The minimum absolute atomic E-state index is 0.376. The quantitative estimate of drug-likeness (QED) is 0.291. The molecule has 0 unspecified atom stereocenters.